The summed E-state index contributed by atoms with van der Waals surface area (Å²) in [6.45, 7) is 3.61. The van der Waals surface area contributed by atoms with Gasteiger partial charge in [0, 0.05) is 12.6 Å². The van der Waals surface area contributed by atoms with Gasteiger partial charge in [-0.05, 0) is 32.2 Å². The maximum atomic E-state index is 8.78. The van der Waals surface area contributed by atoms with Gasteiger partial charge in [0.15, 0.2) is 0 Å². The van der Waals surface area contributed by atoms with Crippen molar-refractivity contribution in [2.24, 2.45) is 5.92 Å². The molecule has 0 aromatic carbocycles. The molecule has 2 N–H and O–H groups in total. The van der Waals surface area contributed by atoms with Gasteiger partial charge in [-0.3, -0.25) is 0 Å². The Morgan fingerprint density at radius 3 is 2.89 bits per heavy atom. The molecule has 2 heteroatoms. The predicted molar refractivity (Wildman–Crippen MR) is 37.3 cm³/mol. The van der Waals surface area contributed by atoms with Crippen LogP contribution in [0.2, 0.25) is 0 Å². The summed E-state index contributed by atoms with van der Waals surface area (Å²) >= 11 is 0. The molecule has 0 aromatic heterocycles. The molecule has 0 aromatic rings. The summed E-state index contributed by atoms with van der Waals surface area (Å²) in [5.74, 6) is 0.557. The van der Waals surface area contributed by atoms with Gasteiger partial charge in [-0.1, -0.05) is 0 Å². The second kappa shape index (κ2) is 3.18. The number of hydrogen-bond acceptors (Lipinski definition) is 2. The highest BCUT2D eigenvalue weighted by Gasteiger charge is 2.16. The quantitative estimate of drug-likeness (QED) is 0.536. The van der Waals surface area contributed by atoms with E-state index < -0.39 is 0 Å². The molecule has 1 fully saturated rings. The molecule has 0 bridgehead atoms. The Hall–Kier alpha value is -0.0800. The van der Waals surface area contributed by atoms with Gasteiger partial charge < -0.3 is 10.4 Å². The molecule has 2 atom stereocenters. The number of aliphatic hydroxyl groups excluding tert-OH is 1. The average Bonchev–Trinajstić information content (AvgIpc) is 1.88. The first kappa shape index (κ1) is 7.03. The summed E-state index contributed by atoms with van der Waals surface area (Å²) in [6.07, 6.45) is 2.28. The molecule has 1 saturated heterocycles. The number of aliphatic hydroxyl groups is 1. The predicted octanol–water partition coefficient (Wildman–Crippen LogP) is 0.367. The van der Waals surface area contributed by atoms with Gasteiger partial charge in [0.05, 0.1) is 0 Å². The molecule has 0 aliphatic carbocycles. The monoisotopic (exact) mass is 129 g/mol. The first-order valence-corrected chi connectivity index (χ1v) is 3.67. The molecule has 9 heavy (non-hydrogen) atoms. The fourth-order valence-corrected chi connectivity index (χ4v) is 1.40. The third-order valence-corrected chi connectivity index (χ3v) is 1.99. The van der Waals surface area contributed by atoms with Crippen molar-refractivity contribution in [1.82, 2.24) is 5.32 Å². The van der Waals surface area contributed by atoms with Crippen LogP contribution in [0.4, 0.5) is 0 Å². The van der Waals surface area contributed by atoms with Crippen molar-refractivity contribution in [3.63, 3.8) is 0 Å². The zero-order valence-electron chi connectivity index (χ0n) is 5.93. The molecule has 54 valence electrons. The van der Waals surface area contributed by atoms with Gasteiger partial charge in [0.2, 0.25) is 0 Å². The van der Waals surface area contributed by atoms with Crippen molar-refractivity contribution in [2.75, 3.05) is 13.2 Å². The summed E-state index contributed by atoms with van der Waals surface area (Å²) in [4.78, 5) is 0. The van der Waals surface area contributed by atoms with Crippen LogP contribution in [0.1, 0.15) is 19.8 Å². The molecule has 0 saturated carbocycles. The third-order valence-electron chi connectivity index (χ3n) is 1.99. The van der Waals surface area contributed by atoms with Gasteiger partial charge in [0.25, 0.3) is 0 Å². The highest BCUT2D eigenvalue weighted by molar-refractivity contribution is 4.73. The van der Waals surface area contributed by atoms with Crippen molar-refractivity contribution in [3.8, 4) is 0 Å². The molecule has 1 aliphatic rings. The minimum Gasteiger partial charge on any atom is -0.396 e. The van der Waals surface area contributed by atoms with Gasteiger partial charge in [-0.15, -0.1) is 0 Å². The van der Waals surface area contributed by atoms with Crippen molar-refractivity contribution < 1.29 is 5.11 Å². The number of piperidine rings is 1. The fraction of sp³-hybridized carbons (Fsp3) is 1.00. The van der Waals surface area contributed by atoms with Crippen LogP contribution >= 0.6 is 0 Å². The standard InChI is InChI=1S/C7H15NO/c1-6-4-7(5-9)2-3-8-6/h6-9H,2-5H2,1H3/t6-,7+/m0/s1. The molecule has 2 nitrogen and oxygen atoms in total. The number of nitrogens with one attached hydrogen (secondary N) is 1. The molecule has 1 heterocycles. The van der Waals surface area contributed by atoms with E-state index in [0.29, 0.717) is 18.6 Å². The Labute approximate surface area is 56.3 Å². The normalized spacial score (nSPS) is 36.7. The van der Waals surface area contributed by atoms with E-state index in [9.17, 15) is 0 Å². The van der Waals surface area contributed by atoms with Crippen molar-refractivity contribution >= 4 is 0 Å². The first-order chi connectivity index (χ1) is 4.33. The third kappa shape index (κ3) is 1.95. The smallest absolute Gasteiger partial charge is 0.0460 e. The van der Waals surface area contributed by atoms with Crippen molar-refractivity contribution in [2.45, 2.75) is 25.8 Å². The highest BCUT2D eigenvalue weighted by atomic mass is 16.3. The summed E-state index contributed by atoms with van der Waals surface area (Å²) < 4.78 is 0. The minimum atomic E-state index is 0.367. The number of rotatable bonds is 1. The maximum Gasteiger partial charge on any atom is 0.0460 e. The van der Waals surface area contributed by atoms with Crippen molar-refractivity contribution in [3.05, 3.63) is 0 Å². The minimum absolute atomic E-state index is 0.367. The highest BCUT2D eigenvalue weighted by Crippen LogP contribution is 2.14. The molecule has 0 radical (unpaired) electrons. The molecule has 0 unspecified atom stereocenters. The van der Waals surface area contributed by atoms with Crippen LogP contribution in [0.15, 0.2) is 0 Å². The van der Waals surface area contributed by atoms with E-state index in [1.165, 1.54) is 0 Å². The molecule has 1 rings (SSSR count). The van der Waals surface area contributed by atoms with Gasteiger partial charge in [0.1, 0.15) is 0 Å². The lowest BCUT2D eigenvalue weighted by Gasteiger charge is -2.26. The summed E-state index contributed by atoms with van der Waals surface area (Å²) in [6, 6.07) is 0.607. The Bertz CT molecular complexity index is 85.0. The van der Waals surface area contributed by atoms with E-state index in [-0.39, 0.29) is 0 Å². The number of hydrogen-bond donors (Lipinski definition) is 2. The Morgan fingerprint density at radius 2 is 2.44 bits per heavy atom. The lowest BCUT2D eigenvalue weighted by atomic mass is 9.94. The van der Waals surface area contributed by atoms with Gasteiger partial charge in [-0.2, -0.15) is 0 Å². The largest absolute Gasteiger partial charge is 0.396 e. The average molecular weight is 129 g/mol. The van der Waals surface area contributed by atoms with E-state index in [1.807, 2.05) is 0 Å². The van der Waals surface area contributed by atoms with Crippen LogP contribution in [0.3, 0.4) is 0 Å². The lowest BCUT2D eigenvalue weighted by molar-refractivity contribution is 0.180. The molecule has 0 spiro atoms. The zero-order valence-corrected chi connectivity index (χ0v) is 5.93. The molecule has 1 aliphatic heterocycles. The van der Waals surface area contributed by atoms with E-state index in [4.69, 9.17) is 5.11 Å². The van der Waals surface area contributed by atoms with Crippen LogP contribution < -0.4 is 5.32 Å². The van der Waals surface area contributed by atoms with Crippen LogP contribution in [0.25, 0.3) is 0 Å². The SMILES string of the molecule is C[C@H]1C[C@H](CO)CCN1. The van der Waals surface area contributed by atoms with Crippen LogP contribution in [0, 0.1) is 5.92 Å². The lowest BCUT2D eigenvalue weighted by Crippen LogP contribution is -2.36. The maximum absolute atomic E-state index is 8.78. The van der Waals surface area contributed by atoms with Gasteiger partial charge >= 0.3 is 0 Å². The summed E-state index contributed by atoms with van der Waals surface area (Å²) in [5.41, 5.74) is 0. The Morgan fingerprint density at radius 1 is 1.67 bits per heavy atom. The topological polar surface area (TPSA) is 32.3 Å². The van der Waals surface area contributed by atoms with E-state index in [1.54, 1.807) is 0 Å². The summed E-state index contributed by atoms with van der Waals surface area (Å²) in [7, 11) is 0. The van der Waals surface area contributed by atoms with Crippen molar-refractivity contribution in [1.29, 1.82) is 0 Å². The Balaban J connectivity index is 2.23. The zero-order chi connectivity index (χ0) is 6.69. The second-order valence-electron chi connectivity index (χ2n) is 2.93. The van der Waals surface area contributed by atoms with Crippen LogP contribution in [-0.2, 0) is 0 Å². The molecule has 0 amide bonds. The van der Waals surface area contributed by atoms with Crippen LogP contribution in [0.5, 0.6) is 0 Å². The molecular weight excluding hydrogens is 114 g/mol. The van der Waals surface area contributed by atoms with Gasteiger partial charge in [-0.25, -0.2) is 0 Å². The Kier molecular flexibility index (Phi) is 2.49. The first-order valence-electron chi connectivity index (χ1n) is 3.67. The fourth-order valence-electron chi connectivity index (χ4n) is 1.40. The molecular formula is C7H15NO. The van der Waals surface area contributed by atoms with E-state index in [0.717, 1.165) is 19.4 Å². The van der Waals surface area contributed by atoms with E-state index >= 15 is 0 Å². The summed E-state index contributed by atoms with van der Waals surface area (Å²) in [5, 5.41) is 12.1. The second-order valence-corrected chi connectivity index (χ2v) is 2.93. The van der Waals surface area contributed by atoms with E-state index in [2.05, 4.69) is 12.2 Å². The van der Waals surface area contributed by atoms with Crippen LogP contribution in [-0.4, -0.2) is 24.3 Å².